The molecule has 0 aliphatic heterocycles. The van der Waals surface area contributed by atoms with Gasteiger partial charge in [-0.3, -0.25) is 9.10 Å². The van der Waals surface area contributed by atoms with E-state index in [0.717, 1.165) is 15.9 Å². The second-order valence-corrected chi connectivity index (χ2v) is 8.94. The van der Waals surface area contributed by atoms with Crippen molar-refractivity contribution in [2.24, 2.45) is 0 Å². The number of halogens is 1. The number of para-hydroxylation sites is 1. The van der Waals surface area contributed by atoms with Crippen molar-refractivity contribution < 1.29 is 17.6 Å². The van der Waals surface area contributed by atoms with Gasteiger partial charge in [-0.2, -0.15) is 0 Å². The van der Waals surface area contributed by atoms with Gasteiger partial charge in [0.2, 0.25) is 5.91 Å². The summed E-state index contributed by atoms with van der Waals surface area (Å²) in [4.78, 5) is 12.3. The largest absolute Gasteiger partial charge is 0.350 e. The van der Waals surface area contributed by atoms with Crippen molar-refractivity contribution in [3.8, 4) is 0 Å². The molecule has 7 heteroatoms. The van der Waals surface area contributed by atoms with Gasteiger partial charge >= 0.3 is 0 Å². The van der Waals surface area contributed by atoms with Crippen LogP contribution in [0, 0.1) is 12.7 Å². The normalized spacial score (nSPS) is 11.9. The number of benzene rings is 2. The monoisotopic (exact) mass is 378 g/mol. The van der Waals surface area contributed by atoms with Crippen LogP contribution in [0.15, 0.2) is 53.4 Å². The van der Waals surface area contributed by atoms with Crippen molar-refractivity contribution in [3.05, 3.63) is 59.9 Å². The molecule has 0 aliphatic rings. The van der Waals surface area contributed by atoms with Gasteiger partial charge in [-0.15, -0.1) is 0 Å². The summed E-state index contributed by atoms with van der Waals surface area (Å²) < 4.78 is 41.3. The molecule has 0 unspecified atom stereocenters. The minimum atomic E-state index is -4.11. The average molecular weight is 378 g/mol. The maximum Gasteiger partial charge on any atom is 0.264 e. The Kier molecular flexibility index (Phi) is 5.71. The Bertz CT molecular complexity index is 888. The Labute approximate surface area is 153 Å². The maximum atomic E-state index is 14.3. The number of carbonyl (C=O) groups excluding carboxylic acids is 1. The van der Waals surface area contributed by atoms with Crippen molar-refractivity contribution in [2.45, 2.75) is 38.1 Å². The Morgan fingerprint density at radius 1 is 1.08 bits per heavy atom. The molecule has 2 aromatic rings. The van der Waals surface area contributed by atoms with Crippen molar-refractivity contribution in [2.75, 3.05) is 10.8 Å². The number of anilines is 1. The fourth-order valence-electron chi connectivity index (χ4n) is 2.38. The molecule has 2 aromatic carbocycles. The summed E-state index contributed by atoms with van der Waals surface area (Å²) in [6, 6.07) is 11.7. The topological polar surface area (TPSA) is 66.5 Å². The molecule has 0 bridgehead atoms. The molecule has 0 saturated carbocycles. The number of hydrogen-bond acceptors (Lipinski definition) is 3. The fraction of sp³-hybridized carbons (Fsp3) is 0.316. The molecule has 1 N–H and O–H groups in total. The van der Waals surface area contributed by atoms with Crippen LogP contribution in [0.1, 0.15) is 26.3 Å². The van der Waals surface area contributed by atoms with E-state index in [0.29, 0.717) is 0 Å². The molecule has 0 aliphatic carbocycles. The van der Waals surface area contributed by atoms with E-state index < -0.39 is 33.8 Å². The molecule has 1 amide bonds. The molecule has 0 aromatic heterocycles. The van der Waals surface area contributed by atoms with Crippen LogP contribution in [0.25, 0.3) is 0 Å². The van der Waals surface area contributed by atoms with Gasteiger partial charge in [-0.1, -0.05) is 29.8 Å². The molecular weight excluding hydrogens is 355 g/mol. The fourth-order valence-corrected chi connectivity index (χ4v) is 3.81. The van der Waals surface area contributed by atoms with Crippen LogP contribution in [0.5, 0.6) is 0 Å². The standard InChI is InChI=1S/C19H23FN2O3S/c1-14-9-11-15(12-10-14)26(24,25)22(13-18(23)21-19(2,3)4)17-8-6-5-7-16(17)20/h5-12H,13H2,1-4H3,(H,21,23). The van der Waals surface area contributed by atoms with Gasteiger partial charge < -0.3 is 5.32 Å². The smallest absolute Gasteiger partial charge is 0.264 e. The lowest BCUT2D eigenvalue weighted by Gasteiger charge is -2.27. The van der Waals surface area contributed by atoms with Gasteiger partial charge in [0.1, 0.15) is 12.4 Å². The first-order valence-electron chi connectivity index (χ1n) is 8.16. The number of aryl methyl sites for hydroxylation is 1. The van der Waals surface area contributed by atoms with E-state index in [9.17, 15) is 17.6 Å². The van der Waals surface area contributed by atoms with Crippen LogP contribution in [0.4, 0.5) is 10.1 Å². The third kappa shape index (κ3) is 4.82. The highest BCUT2D eigenvalue weighted by Crippen LogP contribution is 2.26. The Balaban J connectivity index is 2.48. The number of amides is 1. The second kappa shape index (κ2) is 7.45. The highest BCUT2D eigenvalue weighted by Gasteiger charge is 2.30. The third-order valence-corrected chi connectivity index (χ3v) is 5.31. The number of carbonyl (C=O) groups is 1. The van der Waals surface area contributed by atoms with Crippen LogP contribution >= 0.6 is 0 Å². The first kappa shape index (κ1) is 19.9. The Hall–Kier alpha value is -2.41. The van der Waals surface area contributed by atoms with E-state index in [2.05, 4.69) is 5.32 Å². The highest BCUT2D eigenvalue weighted by molar-refractivity contribution is 7.92. The van der Waals surface area contributed by atoms with Crippen LogP contribution in [0.3, 0.4) is 0 Å². The zero-order chi connectivity index (χ0) is 19.5. The van der Waals surface area contributed by atoms with Crippen LogP contribution < -0.4 is 9.62 Å². The summed E-state index contributed by atoms with van der Waals surface area (Å²) in [5.74, 6) is -1.23. The minimum absolute atomic E-state index is 0.00471. The Morgan fingerprint density at radius 3 is 2.19 bits per heavy atom. The SMILES string of the molecule is Cc1ccc(S(=O)(=O)N(CC(=O)NC(C)(C)C)c2ccccc2F)cc1. The predicted molar refractivity (Wildman–Crippen MR) is 100 cm³/mol. The summed E-state index contributed by atoms with van der Waals surface area (Å²) in [7, 11) is -4.11. The van der Waals surface area contributed by atoms with Gasteiger partial charge in [-0.05, 0) is 52.0 Å². The molecule has 0 spiro atoms. The number of sulfonamides is 1. The molecule has 140 valence electrons. The molecule has 0 atom stereocenters. The molecule has 0 radical (unpaired) electrons. The maximum absolute atomic E-state index is 14.3. The number of hydrogen-bond donors (Lipinski definition) is 1. The summed E-state index contributed by atoms with van der Waals surface area (Å²) in [5.41, 5.74) is 0.190. The van der Waals surface area contributed by atoms with Crippen LogP contribution in [-0.2, 0) is 14.8 Å². The number of nitrogens with zero attached hydrogens (tertiary/aromatic N) is 1. The molecule has 2 rings (SSSR count). The van der Waals surface area contributed by atoms with Gasteiger partial charge in [0.15, 0.2) is 0 Å². The van der Waals surface area contributed by atoms with Gasteiger partial charge in [0, 0.05) is 5.54 Å². The lowest BCUT2D eigenvalue weighted by atomic mass is 10.1. The quantitative estimate of drug-likeness (QED) is 0.869. The van der Waals surface area contributed by atoms with E-state index in [1.165, 1.54) is 30.3 Å². The van der Waals surface area contributed by atoms with Gasteiger partial charge in [-0.25, -0.2) is 12.8 Å². The van der Waals surface area contributed by atoms with Crippen LogP contribution in [0.2, 0.25) is 0 Å². The lowest BCUT2D eigenvalue weighted by Crippen LogP contribution is -2.47. The summed E-state index contributed by atoms with van der Waals surface area (Å²) in [6.45, 7) is 6.67. The van der Waals surface area contributed by atoms with E-state index in [4.69, 9.17) is 0 Å². The van der Waals surface area contributed by atoms with Crippen molar-refractivity contribution in [1.29, 1.82) is 0 Å². The van der Waals surface area contributed by atoms with E-state index in [1.54, 1.807) is 32.9 Å². The summed E-state index contributed by atoms with van der Waals surface area (Å²) in [6.07, 6.45) is 0. The average Bonchev–Trinajstić information content (AvgIpc) is 2.52. The zero-order valence-electron chi connectivity index (χ0n) is 15.3. The second-order valence-electron chi connectivity index (χ2n) is 7.07. The summed E-state index contributed by atoms with van der Waals surface area (Å²) in [5, 5.41) is 2.70. The summed E-state index contributed by atoms with van der Waals surface area (Å²) >= 11 is 0. The predicted octanol–water partition coefficient (Wildman–Crippen LogP) is 3.24. The molecule has 0 fully saturated rings. The zero-order valence-corrected chi connectivity index (χ0v) is 16.1. The molecular formula is C19H23FN2O3S. The minimum Gasteiger partial charge on any atom is -0.350 e. The van der Waals surface area contributed by atoms with Gasteiger partial charge in [0.05, 0.1) is 10.6 Å². The number of nitrogens with one attached hydrogen (secondary N) is 1. The molecule has 0 saturated heterocycles. The molecule has 26 heavy (non-hydrogen) atoms. The van der Waals surface area contributed by atoms with E-state index >= 15 is 0 Å². The Morgan fingerprint density at radius 2 is 1.65 bits per heavy atom. The van der Waals surface area contributed by atoms with Crippen LogP contribution in [-0.4, -0.2) is 26.4 Å². The van der Waals surface area contributed by atoms with Crippen molar-refractivity contribution in [3.63, 3.8) is 0 Å². The lowest BCUT2D eigenvalue weighted by molar-refractivity contribution is -0.121. The first-order chi connectivity index (χ1) is 12.0. The van der Waals surface area contributed by atoms with Gasteiger partial charge in [0.25, 0.3) is 10.0 Å². The van der Waals surface area contributed by atoms with E-state index in [-0.39, 0.29) is 10.6 Å². The molecule has 5 nitrogen and oxygen atoms in total. The van der Waals surface area contributed by atoms with E-state index in [1.807, 2.05) is 6.92 Å². The number of rotatable bonds is 5. The first-order valence-corrected chi connectivity index (χ1v) is 9.60. The highest BCUT2D eigenvalue weighted by atomic mass is 32.2. The third-order valence-electron chi connectivity index (χ3n) is 3.53. The van der Waals surface area contributed by atoms with Crippen molar-refractivity contribution >= 4 is 21.6 Å². The van der Waals surface area contributed by atoms with Crippen molar-refractivity contribution in [1.82, 2.24) is 5.32 Å². The molecule has 0 heterocycles.